The molecule has 0 rings (SSSR count). The van der Waals surface area contributed by atoms with Crippen molar-refractivity contribution in [3.8, 4) is 0 Å². The van der Waals surface area contributed by atoms with Gasteiger partial charge in [0.1, 0.15) is 0 Å². The molecule has 7 heteroatoms. The van der Waals surface area contributed by atoms with E-state index in [-0.39, 0.29) is 12.3 Å². The van der Waals surface area contributed by atoms with E-state index in [0.717, 1.165) is 0 Å². The van der Waals surface area contributed by atoms with Gasteiger partial charge in [0.05, 0.1) is 0 Å². The average Bonchev–Trinajstić information content (AvgIpc) is 0.722. The van der Waals surface area contributed by atoms with Crippen LogP contribution >= 0.6 is 7.82 Å². The molecule has 48 valence electrons. The summed E-state index contributed by atoms with van der Waals surface area (Å²) in [6.07, 6.45) is 0. The summed E-state index contributed by atoms with van der Waals surface area (Å²) in [5.74, 6) is 0. The first-order chi connectivity index (χ1) is 2.00. The van der Waals surface area contributed by atoms with E-state index in [9.17, 15) is 0 Å². The molecule has 0 amide bonds. The van der Waals surface area contributed by atoms with Crippen molar-refractivity contribution < 1.29 is 19.2 Å². The van der Waals surface area contributed by atoms with Gasteiger partial charge in [0, 0.05) is 0 Å². The van der Waals surface area contributed by atoms with Gasteiger partial charge in [-0.2, -0.15) is 0 Å². The lowest BCUT2D eigenvalue weighted by atomic mass is 15.0. The second-order valence-corrected chi connectivity index (χ2v) is 1.54. The van der Waals surface area contributed by atoms with E-state index < -0.39 is 7.82 Å². The lowest BCUT2D eigenvalue weighted by Gasteiger charge is -1.82. The number of phosphoric acid groups is 1. The Bertz CT molecular complexity index is 55.8. The Morgan fingerprint density at radius 3 is 1.00 bits per heavy atom. The first kappa shape index (κ1) is 15.7. The van der Waals surface area contributed by atoms with Gasteiger partial charge in [-0.25, -0.2) is 4.57 Å². The summed E-state index contributed by atoms with van der Waals surface area (Å²) in [4.78, 5) is 21.6. The molecule has 0 heterocycles. The fourth-order valence-electron chi connectivity index (χ4n) is 0. The van der Waals surface area contributed by atoms with Crippen LogP contribution in [0.25, 0.3) is 0 Å². The molecule has 9 N–H and O–H groups in total. The highest BCUT2D eigenvalue weighted by Gasteiger charge is 2.00. The van der Waals surface area contributed by atoms with Gasteiger partial charge >= 0.3 is 7.82 Å². The highest BCUT2D eigenvalue weighted by Crippen LogP contribution is 2.25. The summed E-state index contributed by atoms with van der Waals surface area (Å²) in [7, 11) is -4.64. The SMILES string of the molecule is O=P(O)(O)O.[15NH3].[15NH3]. The Labute approximate surface area is 40.6 Å². The first-order valence-electron chi connectivity index (χ1n) is 0.783. The zero-order valence-electron chi connectivity index (χ0n) is 3.61. The van der Waals surface area contributed by atoms with Gasteiger partial charge in [-0.15, -0.1) is 0 Å². The molecule has 7 heavy (non-hydrogen) atoms. The van der Waals surface area contributed by atoms with Crippen molar-refractivity contribution in [2.45, 2.75) is 0 Å². The number of hydrogen-bond donors (Lipinski definition) is 5. The van der Waals surface area contributed by atoms with Crippen LogP contribution in [0, 0.1) is 0 Å². The van der Waals surface area contributed by atoms with Crippen LogP contribution in [0.4, 0.5) is 0 Å². The van der Waals surface area contributed by atoms with Crippen LogP contribution in [0.1, 0.15) is 0 Å². The smallest absolute Gasteiger partial charge is 0.344 e. The summed E-state index contributed by atoms with van der Waals surface area (Å²) in [5, 5.41) is 0. The van der Waals surface area contributed by atoms with Crippen LogP contribution in [0.5, 0.6) is 0 Å². The zero-order chi connectivity index (χ0) is 4.50. The van der Waals surface area contributed by atoms with Crippen LogP contribution in [0.15, 0.2) is 0 Å². The van der Waals surface area contributed by atoms with Gasteiger partial charge in [0.2, 0.25) is 0 Å². The summed E-state index contributed by atoms with van der Waals surface area (Å²) in [6, 6.07) is 0. The summed E-state index contributed by atoms with van der Waals surface area (Å²) >= 11 is 0. The lowest BCUT2D eigenvalue weighted by molar-refractivity contribution is 0.275. The molecule has 0 aromatic carbocycles. The van der Waals surface area contributed by atoms with E-state index >= 15 is 0 Å². The van der Waals surface area contributed by atoms with Crippen LogP contribution < -0.4 is 12.3 Å². The molecule has 0 aliphatic carbocycles. The molecule has 6 nitrogen and oxygen atoms in total. The zero-order valence-corrected chi connectivity index (χ0v) is 4.51. The van der Waals surface area contributed by atoms with E-state index in [1.807, 2.05) is 0 Å². The average molecular weight is 134 g/mol. The third-order valence-electron chi connectivity index (χ3n) is 0. The van der Waals surface area contributed by atoms with Crippen molar-refractivity contribution in [1.29, 1.82) is 0 Å². The van der Waals surface area contributed by atoms with E-state index in [2.05, 4.69) is 0 Å². The third kappa shape index (κ3) is 109000. The monoisotopic (exact) mass is 134 g/mol. The minimum Gasteiger partial charge on any atom is -0.344 e. The highest BCUT2D eigenvalue weighted by atomic mass is 31.2. The van der Waals surface area contributed by atoms with Crippen molar-refractivity contribution in [2.75, 3.05) is 0 Å². The van der Waals surface area contributed by atoms with Gasteiger partial charge in [0.25, 0.3) is 0 Å². The second-order valence-electron chi connectivity index (χ2n) is 0.513. The predicted octanol–water partition coefficient (Wildman–Crippen LogP) is -0.605. The van der Waals surface area contributed by atoms with Crippen molar-refractivity contribution >= 4 is 7.82 Å². The van der Waals surface area contributed by atoms with Crippen LogP contribution in [-0.2, 0) is 4.57 Å². The maximum Gasteiger partial charge on any atom is 0.466 e. The molecule has 0 spiro atoms. The third-order valence-corrected chi connectivity index (χ3v) is 0. The molecule has 0 atom stereocenters. The van der Waals surface area contributed by atoms with Gasteiger partial charge in [-0.05, 0) is 0 Å². The summed E-state index contributed by atoms with van der Waals surface area (Å²) < 4.78 is 8.88. The fourth-order valence-corrected chi connectivity index (χ4v) is 0. The summed E-state index contributed by atoms with van der Waals surface area (Å²) in [5.41, 5.74) is 0. The van der Waals surface area contributed by atoms with Gasteiger partial charge < -0.3 is 27.0 Å². The Kier molecular flexibility index (Phi) is 9.43. The maximum atomic E-state index is 8.88. The van der Waals surface area contributed by atoms with Gasteiger partial charge in [0.15, 0.2) is 0 Å². The minimum absolute atomic E-state index is 0. The van der Waals surface area contributed by atoms with Crippen molar-refractivity contribution in [3.63, 3.8) is 0 Å². The predicted molar refractivity (Wildman–Crippen MR) is 24.3 cm³/mol. The van der Waals surface area contributed by atoms with Crippen LogP contribution in [-0.4, -0.2) is 14.7 Å². The lowest BCUT2D eigenvalue weighted by Crippen LogP contribution is -1.66. The Morgan fingerprint density at radius 1 is 1.00 bits per heavy atom. The largest absolute Gasteiger partial charge is 0.466 e. The summed E-state index contributed by atoms with van der Waals surface area (Å²) in [6.45, 7) is 0. The van der Waals surface area contributed by atoms with Crippen LogP contribution in [0.2, 0.25) is 0 Å². The molecular weight excluding hydrogens is 125 g/mol. The van der Waals surface area contributed by atoms with Crippen molar-refractivity contribution in [2.24, 2.45) is 0 Å². The normalized spacial score (nSPS) is 8.43. The molecule has 0 saturated carbocycles. The van der Waals surface area contributed by atoms with Crippen molar-refractivity contribution in [3.05, 3.63) is 0 Å². The first-order valence-corrected chi connectivity index (χ1v) is 2.35. The molecule has 0 aromatic heterocycles. The standard InChI is InChI=1S/2H3N.H3O4P/c;;1-5(2,3)4/h2*1H3;(H3,1,2,3,4)/i2*1+1;. The Hall–Kier alpha value is 0.0300. The maximum absolute atomic E-state index is 8.88. The van der Waals surface area contributed by atoms with Gasteiger partial charge in [-0.3, -0.25) is 0 Å². The van der Waals surface area contributed by atoms with Crippen molar-refractivity contribution in [1.82, 2.24) is 12.3 Å². The Morgan fingerprint density at radius 2 is 1.00 bits per heavy atom. The molecule has 0 aromatic rings. The van der Waals surface area contributed by atoms with E-state index in [0.29, 0.717) is 0 Å². The molecule has 0 radical (unpaired) electrons. The number of rotatable bonds is 0. The topological polar surface area (TPSA) is 148 Å². The second kappa shape index (κ2) is 4.20. The molecule has 0 bridgehead atoms. The van der Waals surface area contributed by atoms with E-state index in [1.165, 1.54) is 0 Å². The molecule has 0 aliphatic heterocycles. The van der Waals surface area contributed by atoms with Crippen LogP contribution in [0.3, 0.4) is 0 Å². The van der Waals surface area contributed by atoms with E-state index in [1.54, 1.807) is 0 Å². The molecule has 0 unspecified atom stereocenters. The molecule has 0 fully saturated rings. The Balaban J connectivity index is -0.0000000800. The quantitative estimate of drug-likeness (QED) is 0.220. The fraction of sp³-hybridized carbons (Fsp3) is 0. The molecule has 0 saturated heterocycles. The highest BCUT2D eigenvalue weighted by molar-refractivity contribution is 7.45. The molecular formula is H9N2O4P. The van der Waals surface area contributed by atoms with E-state index in [4.69, 9.17) is 19.2 Å². The minimum atomic E-state index is -4.64. The number of hydrogen-bond acceptors (Lipinski definition) is 3. The van der Waals surface area contributed by atoms with Gasteiger partial charge in [-0.1, -0.05) is 0 Å². The molecule has 0 aliphatic rings.